The molecule has 0 saturated heterocycles. The summed E-state index contributed by atoms with van der Waals surface area (Å²) >= 11 is 0. The highest BCUT2D eigenvalue weighted by atomic mass is 32.2. The molecule has 0 spiro atoms. The van der Waals surface area contributed by atoms with Crippen molar-refractivity contribution in [2.45, 2.75) is 4.90 Å². The van der Waals surface area contributed by atoms with Gasteiger partial charge in [-0.2, -0.15) is 0 Å². The molecule has 2 N–H and O–H groups in total. The fourth-order valence-electron chi connectivity index (χ4n) is 1.11. The Morgan fingerprint density at radius 3 is 3.25 bits per heavy atom. The van der Waals surface area contributed by atoms with E-state index in [9.17, 15) is 4.21 Å². The van der Waals surface area contributed by atoms with E-state index in [4.69, 9.17) is 0 Å². The molecule has 0 amide bonds. The lowest BCUT2D eigenvalue weighted by atomic mass is 10.4. The van der Waals surface area contributed by atoms with Gasteiger partial charge in [-0.25, -0.2) is 4.98 Å². The van der Waals surface area contributed by atoms with Crippen LogP contribution in [0.4, 0.5) is 0 Å². The Morgan fingerprint density at radius 1 is 1.67 bits per heavy atom. The van der Waals surface area contributed by atoms with Crippen molar-refractivity contribution in [2.75, 3.05) is 6.26 Å². The molecule has 1 unspecified atom stereocenters. The molecule has 2 heterocycles. The van der Waals surface area contributed by atoms with Crippen LogP contribution in [0.3, 0.4) is 0 Å². The molecule has 2 aromatic heterocycles. The molecule has 12 heavy (non-hydrogen) atoms. The number of hydrogen-bond donors (Lipinski definition) is 1. The SMILES string of the molecule is CS(=O)c1c[nH]c2nc[nH+]cc12. The molecule has 0 bridgehead atoms. The minimum absolute atomic E-state index is 0.763. The Labute approximate surface area is 71.5 Å². The van der Waals surface area contributed by atoms with Gasteiger partial charge < -0.3 is 4.98 Å². The van der Waals surface area contributed by atoms with Crippen LogP contribution in [-0.2, 0) is 10.8 Å². The lowest BCUT2D eigenvalue weighted by Gasteiger charge is -1.86. The highest BCUT2D eigenvalue weighted by Crippen LogP contribution is 2.15. The monoisotopic (exact) mass is 182 g/mol. The third-order valence-corrected chi connectivity index (χ3v) is 2.62. The maximum absolute atomic E-state index is 11.2. The van der Waals surface area contributed by atoms with Crippen LogP contribution in [0, 0.1) is 0 Å². The molecule has 2 rings (SSSR count). The van der Waals surface area contributed by atoms with Crippen LogP contribution in [0.2, 0.25) is 0 Å². The Hall–Kier alpha value is -1.23. The van der Waals surface area contributed by atoms with E-state index in [1.807, 2.05) is 0 Å². The lowest BCUT2D eigenvalue weighted by molar-refractivity contribution is -0.380. The van der Waals surface area contributed by atoms with Gasteiger partial charge in [0.2, 0.25) is 0 Å². The van der Waals surface area contributed by atoms with Gasteiger partial charge in [0, 0.05) is 12.5 Å². The fraction of sp³-hybridized carbons (Fsp3) is 0.143. The predicted octanol–water partition coefficient (Wildman–Crippen LogP) is 0.114. The van der Waals surface area contributed by atoms with Crippen molar-refractivity contribution in [1.29, 1.82) is 0 Å². The van der Waals surface area contributed by atoms with Gasteiger partial charge in [-0.15, -0.1) is 0 Å². The molecule has 0 aromatic carbocycles. The van der Waals surface area contributed by atoms with Gasteiger partial charge in [0.1, 0.15) is 11.6 Å². The maximum Gasteiger partial charge on any atom is 0.286 e. The molecule has 2 aromatic rings. The largest absolute Gasteiger partial charge is 0.324 e. The van der Waals surface area contributed by atoms with Crippen LogP contribution in [0.25, 0.3) is 11.0 Å². The zero-order chi connectivity index (χ0) is 8.55. The molecule has 0 aliphatic carbocycles. The van der Waals surface area contributed by atoms with Gasteiger partial charge in [0.15, 0.2) is 0 Å². The first-order valence-electron chi connectivity index (χ1n) is 3.45. The van der Waals surface area contributed by atoms with E-state index in [1.165, 1.54) is 0 Å². The minimum Gasteiger partial charge on any atom is -0.324 e. The van der Waals surface area contributed by atoms with Crippen LogP contribution < -0.4 is 4.98 Å². The van der Waals surface area contributed by atoms with Crippen molar-refractivity contribution >= 4 is 21.8 Å². The molecular formula is C7H8N3OS+. The maximum atomic E-state index is 11.2. The van der Waals surface area contributed by atoms with Crippen molar-refractivity contribution in [3.05, 3.63) is 18.7 Å². The molecule has 1 atom stereocenters. The second kappa shape index (κ2) is 2.67. The lowest BCUT2D eigenvalue weighted by Crippen LogP contribution is -2.00. The average molecular weight is 182 g/mol. The van der Waals surface area contributed by atoms with E-state index in [2.05, 4.69) is 15.0 Å². The molecule has 4 nitrogen and oxygen atoms in total. The molecule has 0 aliphatic rings. The van der Waals surface area contributed by atoms with Crippen molar-refractivity contribution in [1.82, 2.24) is 9.97 Å². The highest BCUT2D eigenvalue weighted by molar-refractivity contribution is 7.84. The summed E-state index contributed by atoms with van der Waals surface area (Å²) in [6.45, 7) is 0. The summed E-state index contributed by atoms with van der Waals surface area (Å²) in [4.78, 5) is 10.6. The second-order valence-corrected chi connectivity index (χ2v) is 3.79. The van der Waals surface area contributed by atoms with Gasteiger partial charge >= 0.3 is 0 Å². The first-order valence-corrected chi connectivity index (χ1v) is 5.01. The summed E-state index contributed by atoms with van der Waals surface area (Å²) in [5.74, 6) is 0. The number of aromatic amines is 2. The number of nitrogens with zero attached hydrogens (tertiary/aromatic N) is 1. The van der Waals surface area contributed by atoms with E-state index in [-0.39, 0.29) is 0 Å². The predicted molar refractivity (Wildman–Crippen MR) is 45.0 cm³/mol. The van der Waals surface area contributed by atoms with Crippen LogP contribution in [0.15, 0.2) is 23.6 Å². The van der Waals surface area contributed by atoms with Gasteiger partial charge in [-0.3, -0.25) is 4.21 Å². The topological polar surface area (TPSA) is 59.9 Å². The minimum atomic E-state index is -0.964. The summed E-state index contributed by atoms with van der Waals surface area (Å²) in [6.07, 6.45) is 6.74. The molecular weight excluding hydrogens is 174 g/mol. The fourth-order valence-corrected chi connectivity index (χ4v) is 1.80. The third kappa shape index (κ3) is 1.02. The van der Waals surface area contributed by atoms with Crippen LogP contribution >= 0.6 is 0 Å². The van der Waals surface area contributed by atoms with Crippen molar-refractivity contribution < 1.29 is 9.19 Å². The van der Waals surface area contributed by atoms with E-state index < -0.39 is 10.8 Å². The molecule has 0 fully saturated rings. The van der Waals surface area contributed by atoms with Gasteiger partial charge in [-0.05, 0) is 4.98 Å². The number of hydrogen-bond acceptors (Lipinski definition) is 2. The van der Waals surface area contributed by atoms with Crippen LogP contribution in [0.5, 0.6) is 0 Å². The van der Waals surface area contributed by atoms with E-state index >= 15 is 0 Å². The summed E-state index contributed by atoms with van der Waals surface area (Å²) < 4.78 is 11.2. The smallest absolute Gasteiger partial charge is 0.286 e. The molecule has 0 aliphatic heterocycles. The Balaban J connectivity index is 2.79. The Morgan fingerprint density at radius 2 is 2.50 bits per heavy atom. The first kappa shape index (κ1) is 7.42. The zero-order valence-corrected chi connectivity index (χ0v) is 7.31. The van der Waals surface area contributed by atoms with E-state index in [0.29, 0.717) is 0 Å². The molecule has 62 valence electrons. The van der Waals surface area contributed by atoms with Crippen LogP contribution in [-0.4, -0.2) is 20.4 Å². The molecule has 5 heteroatoms. The third-order valence-electron chi connectivity index (χ3n) is 1.67. The van der Waals surface area contributed by atoms with E-state index in [0.717, 1.165) is 15.9 Å². The molecule has 0 radical (unpaired) electrons. The zero-order valence-electron chi connectivity index (χ0n) is 6.50. The van der Waals surface area contributed by atoms with Gasteiger partial charge in [0.05, 0.1) is 15.7 Å². The average Bonchev–Trinajstić information content (AvgIpc) is 2.47. The summed E-state index contributed by atoms with van der Waals surface area (Å²) in [6, 6.07) is 0. The number of rotatable bonds is 1. The standard InChI is InChI=1S/C7H7N3OS/c1-12(11)6-3-9-7-5(6)2-8-4-10-7/h2-4H,1H3,(H,8,9,10)/p+1. The molecule has 0 saturated carbocycles. The Bertz CT molecular complexity index is 437. The number of H-pyrrole nitrogens is 2. The van der Waals surface area contributed by atoms with Crippen LogP contribution in [0.1, 0.15) is 0 Å². The summed E-state index contributed by atoms with van der Waals surface area (Å²) in [5.41, 5.74) is 0.763. The number of nitrogens with one attached hydrogen (secondary N) is 2. The number of fused-ring (bicyclic) bond motifs is 1. The van der Waals surface area contributed by atoms with E-state index in [1.54, 1.807) is 25.0 Å². The van der Waals surface area contributed by atoms with Crippen molar-refractivity contribution in [2.24, 2.45) is 0 Å². The second-order valence-electron chi connectivity index (χ2n) is 2.44. The number of aromatic nitrogens is 3. The quantitative estimate of drug-likeness (QED) is 0.680. The van der Waals surface area contributed by atoms with Crippen molar-refractivity contribution in [3.63, 3.8) is 0 Å². The highest BCUT2D eigenvalue weighted by Gasteiger charge is 2.10. The summed E-state index contributed by atoms with van der Waals surface area (Å²) in [5, 5.41) is 0.887. The Kier molecular flexibility index (Phi) is 1.65. The van der Waals surface area contributed by atoms with Gasteiger partial charge in [-0.1, -0.05) is 0 Å². The van der Waals surface area contributed by atoms with Crippen molar-refractivity contribution in [3.8, 4) is 0 Å². The normalized spacial score (nSPS) is 13.4. The van der Waals surface area contributed by atoms with Gasteiger partial charge in [0.25, 0.3) is 12.0 Å². The first-order chi connectivity index (χ1) is 5.79. The summed E-state index contributed by atoms with van der Waals surface area (Å²) in [7, 11) is -0.964.